The number of carboxylic acid groups (broad SMARTS) is 4. The van der Waals surface area contributed by atoms with Crippen LogP contribution in [0, 0.1) is 29.6 Å². The lowest BCUT2D eigenvalue weighted by Gasteiger charge is -2.35. The number of aryl methyl sites for hydroxylation is 11. The highest BCUT2D eigenvalue weighted by Gasteiger charge is 2.30. The van der Waals surface area contributed by atoms with E-state index in [1.807, 2.05) is 27.7 Å². The summed E-state index contributed by atoms with van der Waals surface area (Å²) in [6.45, 7) is 12.3. The number of carboxylic acids is 4. The average molecular weight is 1300 g/mol. The first-order valence-corrected chi connectivity index (χ1v) is 36.9. The molecule has 0 aliphatic heterocycles. The number of nitrogens with zero attached hydrogens (tertiary/aromatic N) is 4. The number of fused-ring (bicyclic) bond motifs is 4. The summed E-state index contributed by atoms with van der Waals surface area (Å²) >= 11 is 0. The van der Waals surface area contributed by atoms with E-state index in [0.717, 1.165) is 127 Å². The van der Waals surface area contributed by atoms with Crippen LogP contribution in [0.1, 0.15) is 256 Å². The standard InChI is InChI=1S/C21H31NO3.3C19H29NO3/c1-2-16(21(23)24)11-12-25-19-13-15(14-19)7-9-18-10-8-17-5-3-4-6-20(17)22-18;1-2-15(19(21)22)8-5-13-23-14-6-9-17-12-11-16-7-3-4-10-18(16)20-17;1-2-15(19(21)22)7-5-6-13-23-14-12-17-11-10-16-8-3-4-9-18(16)20-17;1-2-15(19(21)22)12-14-23-13-6-5-8-17-11-10-16-7-3-4-9-18(16)20-17/h8,10,15-16,19H,2-7,9,11-14H2,1H3,(H,23,24);11-12,15H,2-10,13-14H2,1H3,(H,21,22);2*10-11,15H,2-9,12-14H2,1H3,(H,21,22). The molecule has 4 aromatic heterocycles. The fourth-order valence-corrected chi connectivity index (χ4v) is 13.5. The van der Waals surface area contributed by atoms with Crippen molar-refractivity contribution in [3.05, 3.63) is 116 Å². The minimum Gasteiger partial charge on any atom is -0.481 e. The molecule has 4 atom stereocenters. The molecule has 5 aliphatic carbocycles. The quantitative estimate of drug-likeness (QED) is 0.0304. The lowest BCUT2D eigenvalue weighted by Crippen LogP contribution is -2.32. The van der Waals surface area contributed by atoms with Crippen LogP contribution in [0.3, 0.4) is 0 Å². The molecule has 522 valence electrons. The second-order valence-corrected chi connectivity index (χ2v) is 27.0. The molecule has 0 spiro atoms. The van der Waals surface area contributed by atoms with Crippen LogP contribution in [0.4, 0.5) is 0 Å². The van der Waals surface area contributed by atoms with E-state index in [1.54, 1.807) is 0 Å². The molecule has 4 aromatic rings. The van der Waals surface area contributed by atoms with Gasteiger partial charge in [0.05, 0.1) is 36.4 Å². The van der Waals surface area contributed by atoms with Crippen LogP contribution in [0.5, 0.6) is 0 Å². The minimum atomic E-state index is -0.713. The fraction of sp³-hybridized carbons (Fsp3) is 0.692. The molecular weight excluding hydrogens is 1180 g/mol. The van der Waals surface area contributed by atoms with Gasteiger partial charge in [0.25, 0.3) is 0 Å². The third-order valence-corrected chi connectivity index (χ3v) is 19.9. The van der Waals surface area contributed by atoms with Gasteiger partial charge in [0.2, 0.25) is 0 Å². The molecule has 16 nitrogen and oxygen atoms in total. The van der Waals surface area contributed by atoms with Crippen molar-refractivity contribution in [3.63, 3.8) is 0 Å². The lowest BCUT2D eigenvalue weighted by molar-refractivity contribution is -0.143. The molecule has 0 radical (unpaired) electrons. The summed E-state index contributed by atoms with van der Waals surface area (Å²) in [7, 11) is 0. The lowest BCUT2D eigenvalue weighted by atomic mass is 9.79. The van der Waals surface area contributed by atoms with Crippen molar-refractivity contribution in [3.8, 4) is 0 Å². The molecule has 16 heteroatoms. The maximum absolute atomic E-state index is 11.0. The molecular formula is C78H118N4O12. The third kappa shape index (κ3) is 29.0. The molecule has 0 amide bonds. The zero-order valence-corrected chi connectivity index (χ0v) is 58.0. The zero-order chi connectivity index (χ0) is 67.1. The highest BCUT2D eigenvalue weighted by Crippen LogP contribution is 2.34. The summed E-state index contributed by atoms with van der Waals surface area (Å²) < 4.78 is 22.7. The number of hydrogen-bond donors (Lipinski definition) is 4. The first kappa shape index (κ1) is 77.3. The van der Waals surface area contributed by atoms with E-state index in [1.165, 1.54) is 146 Å². The molecule has 5 aliphatic rings. The SMILES string of the molecule is CCC(CCCCOCCc1ccc2c(n1)CCCC2)C(=O)O.CCC(CCCOCCCc1ccc2c(n1)CCCC2)C(=O)O.CCC(CCOC1CC(CCc2ccc3c(n2)CCCC3)C1)C(=O)O.CCC(CCOCCCCc1ccc2c(n1)CCCC2)C(=O)O. The van der Waals surface area contributed by atoms with Crippen LogP contribution in [0.2, 0.25) is 0 Å². The van der Waals surface area contributed by atoms with E-state index < -0.39 is 23.9 Å². The Bertz CT molecular complexity index is 2620. The molecule has 1 fully saturated rings. The van der Waals surface area contributed by atoms with Gasteiger partial charge in [0, 0.05) is 91.6 Å². The highest BCUT2D eigenvalue weighted by molar-refractivity contribution is 5.71. The summed E-state index contributed by atoms with van der Waals surface area (Å²) in [6.07, 6.45) is 38.4. The van der Waals surface area contributed by atoms with Gasteiger partial charge in [-0.05, 0) is 277 Å². The van der Waals surface area contributed by atoms with Crippen molar-refractivity contribution in [2.24, 2.45) is 29.6 Å². The van der Waals surface area contributed by atoms with Crippen LogP contribution in [-0.4, -0.2) is 117 Å². The second-order valence-electron chi connectivity index (χ2n) is 27.0. The summed E-state index contributed by atoms with van der Waals surface area (Å²) in [4.78, 5) is 62.9. The van der Waals surface area contributed by atoms with Crippen molar-refractivity contribution < 1.29 is 58.6 Å². The van der Waals surface area contributed by atoms with Crippen molar-refractivity contribution in [1.29, 1.82) is 0 Å². The largest absolute Gasteiger partial charge is 0.481 e. The predicted molar refractivity (Wildman–Crippen MR) is 370 cm³/mol. The van der Waals surface area contributed by atoms with E-state index in [-0.39, 0.29) is 23.7 Å². The van der Waals surface area contributed by atoms with E-state index >= 15 is 0 Å². The van der Waals surface area contributed by atoms with Crippen molar-refractivity contribution in [1.82, 2.24) is 19.9 Å². The van der Waals surface area contributed by atoms with Crippen LogP contribution in [-0.2, 0) is 115 Å². The normalized spacial score (nSPS) is 17.4. The number of unbranched alkanes of at least 4 members (excludes halogenated alkanes) is 2. The molecule has 1 saturated carbocycles. The van der Waals surface area contributed by atoms with E-state index in [2.05, 4.69) is 48.5 Å². The Morgan fingerprint density at radius 3 is 1.16 bits per heavy atom. The van der Waals surface area contributed by atoms with E-state index in [4.69, 9.17) is 59.3 Å². The first-order chi connectivity index (χ1) is 45.8. The number of pyridine rings is 4. The van der Waals surface area contributed by atoms with Crippen molar-refractivity contribution in [2.45, 2.75) is 271 Å². The van der Waals surface area contributed by atoms with Gasteiger partial charge in [0.1, 0.15) is 0 Å². The van der Waals surface area contributed by atoms with Crippen LogP contribution in [0.25, 0.3) is 0 Å². The number of carbonyl (C=O) groups is 4. The topological polar surface area (TPSA) is 238 Å². The van der Waals surface area contributed by atoms with Gasteiger partial charge in [-0.3, -0.25) is 39.1 Å². The molecule has 9 rings (SSSR count). The first-order valence-electron chi connectivity index (χ1n) is 36.9. The fourth-order valence-electron chi connectivity index (χ4n) is 13.5. The number of rotatable bonds is 39. The Labute approximate surface area is 563 Å². The number of hydrogen-bond acceptors (Lipinski definition) is 12. The molecule has 94 heavy (non-hydrogen) atoms. The molecule has 0 saturated heterocycles. The Morgan fingerprint density at radius 1 is 0.372 bits per heavy atom. The number of aromatic nitrogens is 4. The number of ether oxygens (including phenoxy) is 4. The van der Waals surface area contributed by atoms with Gasteiger partial charge in [-0.1, -0.05) is 58.4 Å². The van der Waals surface area contributed by atoms with Gasteiger partial charge < -0.3 is 39.4 Å². The summed E-state index contributed by atoms with van der Waals surface area (Å²) in [5, 5.41) is 36.0. The second kappa shape index (κ2) is 44.9. The predicted octanol–water partition coefficient (Wildman–Crippen LogP) is 15.6. The maximum Gasteiger partial charge on any atom is 0.306 e. The van der Waals surface area contributed by atoms with Gasteiger partial charge >= 0.3 is 23.9 Å². The third-order valence-electron chi connectivity index (χ3n) is 19.9. The molecule has 4 N–H and O–H groups in total. The average Bonchev–Trinajstić information content (AvgIpc) is 1.25. The smallest absolute Gasteiger partial charge is 0.306 e. The van der Waals surface area contributed by atoms with Crippen LogP contribution >= 0.6 is 0 Å². The molecule has 0 bridgehead atoms. The summed E-state index contributed by atoms with van der Waals surface area (Å²) in [5.41, 5.74) is 15.7. The van der Waals surface area contributed by atoms with Crippen molar-refractivity contribution >= 4 is 23.9 Å². The van der Waals surface area contributed by atoms with E-state index in [0.29, 0.717) is 90.7 Å². The molecule has 4 heterocycles. The maximum atomic E-state index is 11.0. The summed E-state index contributed by atoms with van der Waals surface area (Å²) in [5.74, 6) is -2.99. The monoisotopic (exact) mass is 1300 g/mol. The Hall–Kier alpha value is -5.68. The Kier molecular flexibility index (Phi) is 37.0. The van der Waals surface area contributed by atoms with Crippen molar-refractivity contribution in [2.75, 3.05) is 46.2 Å². The van der Waals surface area contributed by atoms with Crippen LogP contribution in [0.15, 0.2) is 48.5 Å². The highest BCUT2D eigenvalue weighted by atomic mass is 16.5. The van der Waals surface area contributed by atoms with Crippen LogP contribution < -0.4 is 0 Å². The molecule has 0 aromatic carbocycles. The van der Waals surface area contributed by atoms with Gasteiger partial charge in [0.15, 0.2) is 0 Å². The van der Waals surface area contributed by atoms with E-state index in [9.17, 15) is 19.2 Å². The zero-order valence-electron chi connectivity index (χ0n) is 58.0. The molecule has 4 unspecified atom stereocenters. The Balaban J connectivity index is 0.000000199. The summed E-state index contributed by atoms with van der Waals surface area (Å²) in [6, 6.07) is 17.7. The van der Waals surface area contributed by atoms with Gasteiger partial charge in [-0.15, -0.1) is 0 Å². The Morgan fingerprint density at radius 2 is 0.713 bits per heavy atom. The minimum absolute atomic E-state index is 0.199. The number of aliphatic carboxylic acids is 4. The van der Waals surface area contributed by atoms with Gasteiger partial charge in [-0.25, -0.2) is 0 Å². The van der Waals surface area contributed by atoms with Gasteiger partial charge in [-0.2, -0.15) is 0 Å².